The summed E-state index contributed by atoms with van der Waals surface area (Å²) < 4.78 is 0. The van der Waals surface area contributed by atoms with E-state index in [0.717, 1.165) is 10.9 Å². The first-order chi connectivity index (χ1) is 9.72. The van der Waals surface area contributed by atoms with E-state index in [2.05, 4.69) is 24.1 Å². The number of benzene rings is 1. The second-order valence-electron chi connectivity index (χ2n) is 6.37. The molecule has 0 N–H and O–H groups in total. The standard InChI is InChI=1S/C18H24ClN/c1-20-12-11-18-15(3-2-4-16(18)13-20)8-5-14-6-9-17(19)10-7-14/h6-7,9-10,15H,2-5,8,11-13H2,1H3. The summed E-state index contributed by atoms with van der Waals surface area (Å²) in [6.07, 6.45) is 7.93. The monoisotopic (exact) mass is 289 g/mol. The fourth-order valence-corrected chi connectivity index (χ4v) is 3.90. The Balaban J connectivity index is 1.65. The van der Waals surface area contributed by atoms with Gasteiger partial charge in [-0.2, -0.15) is 0 Å². The van der Waals surface area contributed by atoms with Gasteiger partial charge >= 0.3 is 0 Å². The SMILES string of the molecule is CN1CCC2=C(CCCC2CCc2ccc(Cl)cc2)C1. The van der Waals surface area contributed by atoms with Crippen molar-refractivity contribution >= 4 is 11.6 Å². The Kier molecular flexibility index (Phi) is 4.48. The van der Waals surface area contributed by atoms with Gasteiger partial charge in [-0.05, 0) is 69.2 Å². The zero-order valence-corrected chi connectivity index (χ0v) is 13.1. The van der Waals surface area contributed by atoms with E-state index in [1.54, 1.807) is 5.57 Å². The zero-order chi connectivity index (χ0) is 13.9. The van der Waals surface area contributed by atoms with Crippen molar-refractivity contribution in [3.8, 4) is 0 Å². The van der Waals surface area contributed by atoms with E-state index in [1.165, 1.54) is 57.2 Å². The van der Waals surface area contributed by atoms with Crippen LogP contribution in [-0.4, -0.2) is 25.0 Å². The van der Waals surface area contributed by atoms with Crippen molar-refractivity contribution in [1.29, 1.82) is 0 Å². The van der Waals surface area contributed by atoms with Crippen molar-refractivity contribution in [2.75, 3.05) is 20.1 Å². The van der Waals surface area contributed by atoms with Crippen LogP contribution < -0.4 is 0 Å². The molecule has 20 heavy (non-hydrogen) atoms. The second-order valence-corrected chi connectivity index (χ2v) is 6.81. The number of rotatable bonds is 3. The third kappa shape index (κ3) is 3.27. The Morgan fingerprint density at radius 2 is 2.00 bits per heavy atom. The summed E-state index contributed by atoms with van der Waals surface area (Å²) in [5.41, 5.74) is 4.99. The number of halogens is 1. The molecule has 108 valence electrons. The van der Waals surface area contributed by atoms with Crippen molar-refractivity contribution in [3.63, 3.8) is 0 Å². The van der Waals surface area contributed by atoms with Gasteiger partial charge in [0.2, 0.25) is 0 Å². The van der Waals surface area contributed by atoms with Crippen molar-refractivity contribution in [2.45, 2.75) is 38.5 Å². The molecule has 2 aliphatic rings. The lowest BCUT2D eigenvalue weighted by Crippen LogP contribution is -2.31. The molecule has 0 aromatic heterocycles. The fourth-order valence-electron chi connectivity index (χ4n) is 3.77. The van der Waals surface area contributed by atoms with Gasteiger partial charge in [-0.1, -0.05) is 34.9 Å². The van der Waals surface area contributed by atoms with Crippen LogP contribution in [0.3, 0.4) is 0 Å². The van der Waals surface area contributed by atoms with Gasteiger partial charge in [0, 0.05) is 18.1 Å². The van der Waals surface area contributed by atoms with E-state index in [9.17, 15) is 0 Å². The topological polar surface area (TPSA) is 3.24 Å². The minimum absolute atomic E-state index is 0.836. The lowest BCUT2D eigenvalue weighted by Gasteiger charge is -2.35. The number of nitrogens with zero attached hydrogens (tertiary/aromatic N) is 1. The highest BCUT2D eigenvalue weighted by Crippen LogP contribution is 2.37. The highest BCUT2D eigenvalue weighted by atomic mass is 35.5. The van der Waals surface area contributed by atoms with Gasteiger partial charge in [0.05, 0.1) is 0 Å². The van der Waals surface area contributed by atoms with Crippen LogP contribution in [0.15, 0.2) is 35.4 Å². The molecule has 1 aromatic rings. The summed E-state index contributed by atoms with van der Waals surface area (Å²) in [7, 11) is 2.25. The normalized spacial score (nSPS) is 23.8. The van der Waals surface area contributed by atoms with E-state index < -0.39 is 0 Å². The quantitative estimate of drug-likeness (QED) is 0.729. The van der Waals surface area contributed by atoms with Gasteiger partial charge < -0.3 is 4.90 Å². The molecule has 1 aromatic carbocycles. The van der Waals surface area contributed by atoms with E-state index in [1.807, 2.05) is 17.7 Å². The summed E-state index contributed by atoms with van der Waals surface area (Å²) in [5, 5.41) is 0.840. The maximum Gasteiger partial charge on any atom is 0.0406 e. The Hall–Kier alpha value is -0.790. The molecule has 3 rings (SSSR count). The highest BCUT2D eigenvalue weighted by Gasteiger charge is 2.26. The van der Waals surface area contributed by atoms with Gasteiger partial charge in [0.1, 0.15) is 0 Å². The molecule has 2 heteroatoms. The molecule has 0 fully saturated rings. The van der Waals surface area contributed by atoms with Crippen molar-refractivity contribution in [1.82, 2.24) is 4.90 Å². The third-order valence-electron chi connectivity index (χ3n) is 4.90. The number of likely N-dealkylation sites (N-methyl/N-ethyl adjacent to an activating group) is 1. The summed E-state index contributed by atoms with van der Waals surface area (Å²) in [6, 6.07) is 8.38. The Morgan fingerprint density at radius 1 is 1.20 bits per heavy atom. The molecular weight excluding hydrogens is 266 g/mol. The summed E-state index contributed by atoms with van der Waals surface area (Å²) in [5.74, 6) is 0.836. The molecule has 1 unspecified atom stereocenters. The summed E-state index contributed by atoms with van der Waals surface area (Å²) in [4.78, 5) is 2.47. The smallest absolute Gasteiger partial charge is 0.0406 e. The average Bonchev–Trinajstić information content (AvgIpc) is 2.46. The van der Waals surface area contributed by atoms with Gasteiger partial charge in [-0.25, -0.2) is 0 Å². The van der Waals surface area contributed by atoms with Gasteiger partial charge in [-0.15, -0.1) is 0 Å². The van der Waals surface area contributed by atoms with Crippen molar-refractivity contribution in [3.05, 3.63) is 46.0 Å². The summed E-state index contributed by atoms with van der Waals surface area (Å²) in [6.45, 7) is 2.46. The van der Waals surface area contributed by atoms with Crippen LogP contribution in [0.2, 0.25) is 5.02 Å². The predicted octanol–water partition coefficient (Wildman–Crippen LogP) is 4.70. The first-order valence-electron chi connectivity index (χ1n) is 7.86. The van der Waals surface area contributed by atoms with E-state index in [4.69, 9.17) is 11.6 Å². The maximum absolute atomic E-state index is 5.95. The molecule has 0 amide bonds. The molecule has 1 heterocycles. The molecule has 0 spiro atoms. The van der Waals surface area contributed by atoms with Crippen LogP contribution in [0.1, 0.15) is 37.7 Å². The minimum Gasteiger partial charge on any atom is -0.302 e. The molecule has 1 aliphatic heterocycles. The molecule has 1 atom stereocenters. The molecule has 0 saturated carbocycles. The molecular formula is C18H24ClN. The number of aryl methyl sites for hydroxylation is 1. The van der Waals surface area contributed by atoms with Crippen molar-refractivity contribution < 1.29 is 0 Å². The molecule has 1 aliphatic carbocycles. The fraction of sp³-hybridized carbons (Fsp3) is 0.556. The molecule has 1 nitrogen and oxygen atoms in total. The van der Waals surface area contributed by atoms with Crippen LogP contribution in [0.25, 0.3) is 0 Å². The zero-order valence-electron chi connectivity index (χ0n) is 12.4. The maximum atomic E-state index is 5.95. The van der Waals surface area contributed by atoms with Crippen LogP contribution in [-0.2, 0) is 6.42 Å². The third-order valence-corrected chi connectivity index (χ3v) is 5.15. The van der Waals surface area contributed by atoms with E-state index in [-0.39, 0.29) is 0 Å². The van der Waals surface area contributed by atoms with Crippen LogP contribution >= 0.6 is 11.6 Å². The second kappa shape index (κ2) is 6.32. The van der Waals surface area contributed by atoms with Gasteiger partial charge in [-0.3, -0.25) is 0 Å². The van der Waals surface area contributed by atoms with Crippen LogP contribution in [0.4, 0.5) is 0 Å². The Bertz CT molecular complexity index is 489. The first kappa shape index (κ1) is 14.2. The van der Waals surface area contributed by atoms with Crippen LogP contribution in [0.5, 0.6) is 0 Å². The van der Waals surface area contributed by atoms with Gasteiger partial charge in [0.15, 0.2) is 0 Å². The molecule has 0 bridgehead atoms. The Labute approximate surface area is 127 Å². The predicted molar refractivity (Wildman–Crippen MR) is 86.3 cm³/mol. The van der Waals surface area contributed by atoms with Gasteiger partial charge in [0.25, 0.3) is 0 Å². The first-order valence-corrected chi connectivity index (χ1v) is 8.24. The average molecular weight is 290 g/mol. The van der Waals surface area contributed by atoms with E-state index in [0.29, 0.717) is 0 Å². The number of hydrogen-bond acceptors (Lipinski definition) is 1. The van der Waals surface area contributed by atoms with Crippen LogP contribution in [0, 0.1) is 5.92 Å². The number of hydrogen-bond donors (Lipinski definition) is 0. The largest absolute Gasteiger partial charge is 0.302 e. The van der Waals surface area contributed by atoms with Crippen molar-refractivity contribution in [2.24, 2.45) is 5.92 Å². The van der Waals surface area contributed by atoms with E-state index >= 15 is 0 Å². The highest BCUT2D eigenvalue weighted by molar-refractivity contribution is 6.30. The Morgan fingerprint density at radius 3 is 2.80 bits per heavy atom. The minimum atomic E-state index is 0.836. The molecule has 0 radical (unpaired) electrons. The molecule has 0 saturated heterocycles. The lowest BCUT2D eigenvalue weighted by atomic mass is 9.77. The lowest BCUT2D eigenvalue weighted by molar-refractivity contribution is 0.308. The summed E-state index contributed by atoms with van der Waals surface area (Å²) >= 11 is 5.95.